The number of benzene rings is 1. The van der Waals surface area contributed by atoms with E-state index in [1.807, 2.05) is 36.4 Å². The van der Waals surface area contributed by atoms with Crippen LogP contribution < -0.4 is 5.32 Å². The van der Waals surface area contributed by atoms with E-state index in [2.05, 4.69) is 10.3 Å². The fraction of sp³-hybridized carbons (Fsp3) is 0.0769. The third kappa shape index (κ3) is 2.96. The molecule has 2 aromatic rings. The lowest BCUT2D eigenvalue weighted by Crippen LogP contribution is -2.00. The quantitative estimate of drug-likeness (QED) is 0.901. The molecule has 0 saturated carbocycles. The van der Waals surface area contributed by atoms with E-state index in [1.165, 1.54) is 0 Å². The number of anilines is 1. The Labute approximate surface area is 105 Å². The summed E-state index contributed by atoms with van der Waals surface area (Å²) in [5.41, 5.74) is 2.30. The van der Waals surface area contributed by atoms with Crippen molar-refractivity contribution in [3.63, 3.8) is 0 Å². The molecule has 0 aliphatic rings. The molecule has 1 N–H and O–H groups in total. The van der Waals surface area contributed by atoms with Gasteiger partial charge in [0.1, 0.15) is 11.8 Å². The van der Waals surface area contributed by atoms with Gasteiger partial charge in [0.25, 0.3) is 0 Å². The number of pyridine rings is 1. The van der Waals surface area contributed by atoms with Crippen LogP contribution in [0.4, 0.5) is 5.69 Å². The van der Waals surface area contributed by atoms with Gasteiger partial charge in [-0.3, -0.25) is 0 Å². The second kappa shape index (κ2) is 5.33. The van der Waals surface area contributed by atoms with Crippen molar-refractivity contribution in [2.24, 2.45) is 0 Å². The Morgan fingerprint density at radius 2 is 2.06 bits per heavy atom. The topological polar surface area (TPSA) is 48.7 Å². The summed E-state index contributed by atoms with van der Waals surface area (Å²) in [5.74, 6) is 0. The van der Waals surface area contributed by atoms with Gasteiger partial charge in [-0.2, -0.15) is 5.26 Å². The van der Waals surface area contributed by atoms with Crippen LogP contribution in [0.15, 0.2) is 42.6 Å². The molecule has 0 atom stereocenters. The zero-order valence-electron chi connectivity index (χ0n) is 9.02. The fourth-order valence-electron chi connectivity index (χ4n) is 1.40. The summed E-state index contributed by atoms with van der Waals surface area (Å²) < 4.78 is 0. The van der Waals surface area contributed by atoms with E-state index in [4.69, 9.17) is 16.9 Å². The first kappa shape index (κ1) is 11.4. The fourth-order valence-corrected chi connectivity index (χ4v) is 1.61. The molecule has 2 rings (SSSR count). The first-order valence-corrected chi connectivity index (χ1v) is 5.51. The van der Waals surface area contributed by atoms with Crippen LogP contribution in [0.1, 0.15) is 11.3 Å². The van der Waals surface area contributed by atoms with Gasteiger partial charge in [-0.05, 0) is 23.8 Å². The molecule has 3 nitrogen and oxygen atoms in total. The zero-order valence-corrected chi connectivity index (χ0v) is 9.78. The number of hydrogen-bond donors (Lipinski definition) is 1. The van der Waals surface area contributed by atoms with Gasteiger partial charge < -0.3 is 5.32 Å². The van der Waals surface area contributed by atoms with E-state index in [-0.39, 0.29) is 0 Å². The predicted octanol–water partition coefficient (Wildman–Crippen LogP) is 3.22. The SMILES string of the molecule is N#Cc1ccc(NCc2ccccc2Cl)cn1. The summed E-state index contributed by atoms with van der Waals surface area (Å²) in [6, 6.07) is 13.1. The minimum atomic E-state index is 0.410. The average molecular weight is 244 g/mol. The summed E-state index contributed by atoms with van der Waals surface area (Å²) in [6.07, 6.45) is 1.63. The molecular weight excluding hydrogens is 234 g/mol. The number of hydrogen-bond acceptors (Lipinski definition) is 3. The lowest BCUT2D eigenvalue weighted by atomic mass is 10.2. The Bertz CT molecular complexity index is 543. The van der Waals surface area contributed by atoms with Crippen LogP contribution in [0.25, 0.3) is 0 Å². The van der Waals surface area contributed by atoms with Crippen LogP contribution in [0.2, 0.25) is 5.02 Å². The standard InChI is InChI=1S/C13H10ClN3/c14-13-4-2-1-3-10(13)8-16-12-6-5-11(7-15)17-9-12/h1-6,9,16H,8H2. The second-order valence-electron chi connectivity index (χ2n) is 3.49. The van der Waals surface area contributed by atoms with Gasteiger partial charge in [0.2, 0.25) is 0 Å². The maximum Gasteiger partial charge on any atom is 0.140 e. The molecule has 17 heavy (non-hydrogen) atoms. The van der Waals surface area contributed by atoms with Gasteiger partial charge >= 0.3 is 0 Å². The third-order valence-corrected chi connectivity index (χ3v) is 2.69. The van der Waals surface area contributed by atoms with Crippen molar-refractivity contribution in [1.29, 1.82) is 5.26 Å². The Morgan fingerprint density at radius 3 is 2.71 bits per heavy atom. The van der Waals surface area contributed by atoms with Crippen molar-refractivity contribution in [3.8, 4) is 6.07 Å². The van der Waals surface area contributed by atoms with E-state index in [9.17, 15) is 0 Å². The highest BCUT2D eigenvalue weighted by Crippen LogP contribution is 2.16. The third-order valence-electron chi connectivity index (χ3n) is 2.32. The van der Waals surface area contributed by atoms with Crippen LogP contribution in [0.3, 0.4) is 0 Å². The van der Waals surface area contributed by atoms with E-state index in [0.717, 1.165) is 16.3 Å². The number of nitriles is 1. The minimum Gasteiger partial charge on any atom is -0.380 e. The highest BCUT2D eigenvalue weighted by atomic mass is 35.5. The Balaban J connectivity index is 2.03. The van der Waals surface area contributed by atoms with E-state index < -0.39 is 0 Å². The summed E-state index contributed by atoms with van der Waals surface area (Å²) in [5, 5.41) is 12.6. The largest absolute Gasteiger partial charge is 0.380 e. The number of rotatable bonds is 3. The van der Waals surface area contributed by atoms with Gasteiger partial charge in [0.15, 0.2) is 0 Å². The molecule has 1 aromatic heterocycles. The summed E-state index contributed by atoms with van der Waals surface area (Å²) in [6.45, 7) is 0.632. The van der Waals surface area contributed by atoms with Crippen molar-refractivity contribution < 1.29 is 0 Å². The second-order valence-corrected chi connectivity index (χ2v) is 3.90. The average Bonchev–Trinajstić information content (AvgIpc) is 2.38. The van der Waals surface area contributed by atoms with Crippen LogP contribution in [-0.4, -0.2) is 4.98 Å². The highest BCUT2D eigenvalue weighted by molar-refractivity contribution is 6.31. The van der Waals surface area contributed by atoms with Gasteiger partial charge in [0.05, 0.1) is 11.9 Å². The molecule has 0 aliphatic carbocycles. The lowest BCUT2D eigenvalue weighted by Gasteiger charge is -2.07. The molecule has 0 unspecified atom stereocenters. The number of nitrogens with zero attached hydrogens (tertiary/aromatic N) is 2. The molecule has 0 bridgehead atoms. The van der Waals surface area contributed by atoms with Gasteiger partial charge in [0, 0.05) is 11.6 Å². The Kier molecular flexibility index (Phi) is 3.59. The molecule has 0 spiro atoms. The monoisotopic (exact) mass is 243 g/mol. The molecular formula is C13H10ClN3. The van der Waals surface area contributed by atoms with Gasteiger partial charge in [-0.1, -0.05) is 29.8 Å². The molecule has 0 radical (unpaired) electrons. The molecule has 0 amide bonds. The minimum absolute atomic E-state index is 0.410. The van der Waals surface area contributed by atoms with Gasteiger partial charge in [-0.25, -0.2) is 4.98 Å². The molecule has 4 heteroatoms. The van der Waals surface area contributed by atoms with Gasteiger partial charge in [-0.15, -0.1) is 0 Å². The lowest BCUT2D eigenvalue weighted by molar-refractivity contribution is 1.13. The van der Waals surface area contributed by atoms with Crippen LogP contribution >= 0.6 is 11.6 Å². The predicted molar refractivity (Wildman–Crippen MR) is 67.7 cm³/mol. The smallest absolute Gasteiger partial charge is 0.140 e. The summed E-state index contributed by atoms with van der Waals surface area (Å²) in [4.78, 5) is 3.98. The number of halogens is 1. The normalized spacial score (nSPS) is 9.65. The molecule has 1 heterocycles. The Hall–Kier alpha value is -2.05. The first-order valence-electron chi connectivity index (χ1n) is 5.13. The number of aromatic nitrogens is 1. The van der Waals surface area contributed by atoms with Crippen molar-refractivity contribution in [2.75, 3.05) is 5.32 Å². The summed E-state index contributed by atoms with van der Waals surface area (Å²) in [7, 11) is 0. The first-order chi connectivity index (χ1) is 8.29. The van der Waals surface area contributed by atoms with Crippen molar-refractivity contribution in [1.82, 2.24) is 4.98 Å². The van der Waals surface area contributed by atoms with E-state index in [1.54, 1.807) is 12.3 Å². The zero-order chi connectivity index (χ0) is 12.1. The van der Waals surface area contributed by atoms with Crippen LogP contribution in [-0.2, 0) is 6.54 Å². The molecule has 0 saturated heterocycles. The van der Waals surface area contributed by atoms with Crippen molar-refractivity contribution in [3.05, 3.63) is 58.9 Å². The number of nitrogens with one attached hydrogen (secondary N) is 1. The highest BCUT2D eigenvalue weighted by Gasteiger charge is 1.99. The van der Waals surface area contributed by atoms with Crippen molar-refractivity contribution in [2.45, 2.75) is 6.54 Å². The molecule has 1 aromatic carbocycles. The van der Waals surface area contributed by atoms with E-state index in [0.29, 0.717) is 12.2 Å². The molecule has 0 fully saturated rings. The van der Waals surface area contributed by atoms with E-state index >= 15 is 0 Å². The van der Waals surface area contributed by atoms with Crippen LogP contribution in [0.5, 0.6) is 0 Å². The van der Waals surface area contributed by atoms with Crippen LogP contribution in [0, 0.1) is 11.3 Å². The molecule has 84 valence electrons. The summed E-state index contributed by atoms with van der Waals surface area (Å²) >= 11 is 6.04. The Morgan fingerprint density at radius 1 is 1.24 bits per heavy atom. The molecule has 0 aliphatic heterocycles. The maximum absolute atomic E-state index is 8.62. The maximum atomic E-state index is 8.62. The van der Waals surface area contributed by atoms with Crippen molar-refractivity contribution >= 4 is 17.3 Å².